The van der Waals surface area contributed by atoms with Gasteiger partial charge >= 0.3 is 0 Å². The molecule has 0 spiro atoms. The van der Waals surface area contributed by atoms with Crippen LogP contribution in [0.3, 0.4) is 0 Å². The molecule has 0 N–H and O–H groups in total. The molecule has 1 atom stereocenters. The number of unbranched alkanes of at least 4 members (excludes halogenated alkanes) is 2. The smallest absolute Gasteiger partial charge is 0.217 e. The minimum Gasteiger partial charge on any atom is -0.229 e. The van der Waals surface area contributed by atoms with Crippen LogP contribution in [0.2, 0.25) is 0 Å². The molecule has 0 amide bonds. The van der Waals surface area contributed by atoms with E-state index in [-0.39, 0.29) is 17.9 Å². The summed E-state index contributed by atoms with van der Waals surface area (Å²) >= 11 is 0. The van der Waals surface area contributed by atoms with E-state index >= 15 is 0 Å². The molecule has 102 valence electrons. The Balaban J connectivity index is 2.62. The summed E-state index contributed by atoms with van der Waals surface area (Å²) in [6.45, 7) is 2.53. The van der Waals surface area contributed by atoms with E-state index < -0.39 is 25.1 Å². The predicted octanol–water partition coefficient (Wildman–Crippen LogP) is 0.625. The van der Waals surface area contributed by atoms with Crippen LogP contribution in [0.4, 0.5) is 0 Å². The molecule has 1 aliphatic heterocycles. The summed E-state index contributed by atoms with van der Waals surface area (Å²) in [5.74, 6) is -0.215. The Kier molecular flexibility index (Phi) is 4.97. The van der Waals surface area contributed by atoms with E-state index in [0.717, 1.165) is 19.3 Å². The lowest BCUT2D eigenvalue weighted by Crippen LogP contribution is -2.37. The summed E-state index contributed by atoms with van der Waals surface area (Å²) in [5, 5.41) is -0.737. The second-order valence-electron chi connectivity index (χ2n) is 4.60. The summed E-state index contributed by atoms with van der Waals surface area (Å²) in [4.78, 5) is 0. The highest BCUT2D eigenvalue weighted by Gasteiger charge is 2.38. The number of rotatable bonds is 6. The van der Waals surface area contributed by atoms with Crippen molar-refractivity contribution in [3.63, 3.8) is 0 Å². The average Bonchev–Trinajstić information content (AvgIpc) is 2.59. The van der Waals surface area contributed by atoms with Crippen LogP contribution in [0.15, 0.2) is 0 Å². The van der Waals surface area contributed by atoms with Gasteiger partial charge in [-0.1, -0.05) is 19.8 Å². The molecule has 1 heterocycles. The van der Waals surface area contributed by atoms with Crippen molar-refractivity contribution >= 4 is 19.9 Å². The van der Waals surface area contributed by atoms with Crippen LogP contribution < -0.4 is 0 Å². The summed E-state index contributed by atoms with van der Waals surface area (Å²) in [7, 11) is -5.04. The van der Waals surface area contributed by atoms with E-state index in [2.05, 4.69) is 6.92 Å². The minimum atomic E-state index is -3.44. The fraction of sp³-hybridized carbons (Fsp3) is 1.00. The Labute approximate surface area is 104 Å². The topological polar surface area (TPSA) is 71.5 Å². The van der Waals surface area contributed by atoms with Crippen molar-refractivity contribution in [2.45, 2.75) is 37.9 Å². The minimum absolute atomic E-state index is 0.000301. The van der Waals surface area contributed by atoms with Crippen LogP contribution in [-0.4, -0.2) is 51.5 Å². The highest BCUT2D eigenvalue weighted by atomic mass is 32.2. The maximum absolute atomic E-state index is 12.1. The maximum atomic E-state index is 12.1. The Morgan fingerprint density at radius 2 is 1.94 bits per heavy atom. The Morgan fingerprint density at radius 1 is 1.29 bits per heavy atom. The van der Waals surface area contributed by atoms with Crippen LogP contribution in [-0.2, 0) is 19.9 Å². The Hall–Kier alpha value is -0.140. The third kappa shape index (κ3) is 3.93. The zero-order valence-electron chi connectivity index (χ0n) is 10.4. The van der Waals surface area contributed by atoms with E-state index in [1.54, 1.807) is 0 Å². The Bertz CT molecular complexity index is 441. The SMILES string of the molecule is CCCCCN(C)S(=O)(=O)[C@@H]1CCS(=O)(=O)C1. The average molecular weight is 283 g/mol. The first-order chi connectivity index (χ1) is 7.79. The van der Waals surface area contributed by atoms with Gasteiger partial charge < -0.3 is 0 Å². The standard InChI is InChI=1S/C10H21NO4S2/c1-3-4-5-7-11(2)17(14,15)10-6-8-16(12,13)9-10/h10H,3-9H2,1-2H3/t10-/m1/s1. The van der Waals surface area contributed by atoms with Crippen molar-refractivity contribution in [2.75, 3.05) is 25.1 Å². The van der Waals surface area contributed by atoms with E-state index in [9.17, 15) is 16.8 Å². The second kappa shape index (κ2) is 5.67. The largest absolute Gasteiger partial charge is 0.229 e. The molecule has 7 heteroatoms. The van der Waals surface area contributed by atoms with Gasteiger partial charge in [-0.3, -0.25) is 0 Å². The van der Waals surface area contributed by atoms with Gasteiger partial charge in [0.05, 0.1) is 16.8 Å². The lowest BCUT2D eigenvalue weighted by molar-refractivity contribution is 0.446. The normalized spacial score (nSPS) is 24.3. The zero-order chi connectivity index (χ0) is 13.1. The van der Waals surface area contributed by atoms with E-state index in [1.165, 1.54) is 11.4 Å². The van der Waals surface area contributed by atoms with Crippen molar-refractivity contribution in [3.05, 3.63) is 0 Å². The fourth-order valence-corrected chi connectivity index (χ4v) is 6.27. The third-order valence-electron chi connectivity index (χ3n) is 3.12. The molecular weight excluding hydrogens is 262 g/mol. The van der Waals surface area contributed by atoms with E-state index in [4.69, 9.17) is 0 Å². The monoisotopic (exact) mass is 283 g/mol. The van der Waals surface area contributed by atoms with Crippen molar-refractivity contribution in [1.29, 1.82) is 0 Å². The number of nitrogens with zero attached hydrogens (tertiary/aromatic N) is 1. The molecule has 1 saturated heterocycles. The molecule has 0 unspecified atom stereocenters. The molecule has 0 aromatic rings. The first-order valence-electron chi connectivity index (χ1n) is 5.95. The summed E-state index contributed by atoms with van der Waals surface area (Å²) in [6, 6.07) is 0. The molecule has 1 rings (SSSR count). The number of sulfonamides is 1. The summed E-state index contributed by atoms with van der Waals surface area (Å²) < 4.78 is 48.0. The molecule has 0 aliphatic carbocycles. The summed E-state index contributed by atoms with van der Waals surface area (Å²) in [6.07, 6.45) is 3.09. The van der Waals surface area contributed by atoms with Gasteiger partial charge in [0, 0.05) is 13.6 Å². The number of sulfone groups is 1. The second-order valence-corrected chi connectivity index (χ2v) is 9.15. The van der Waals surface area contributed by atoms with Gasteiger partial charge in [-0.15, -0.1) is 0 Å². The highest BCUT2D eigenvalue weighted by molar-refractivity contribution is 7.95. The molecular formula is C10H21NO4S2. The molecule has 0 aromatic carbocycles. The summed E-state index contributed by atoms with van der Waals surface area (Å²) in [5.41, 5.74) is 0. The number of hydrogen-bond acceptors (Lipinski definition) is 4. The predicted molar refractivity (Wildman–Crippen MR) is 68.1 cm³/mol. The molecule has 17 heavy (non-hydrogen) atoms. The molecule has 0 bridgehead atoms. The van der Waals surface area contributed by atoms with Crippen molar-refractivity contribution in [3.8, 4) is 0 Å². The molecule has 1 fully saturated rings. The fourth-order valence-electron chi connectivity index (χ4n) is 1.96. The van der Waals surface area contributed by atoms with E-state index in [1.807, 2.05) is 0 Å². The lowest BCUT2D eigenvalue weighted by atomic mass is 10.2. The van der Waals surface area contributed by atoms with Crippen molar-refractivity contribution < 1.29 is 16.8 Å². The molecule has 0 aromatic heterocycles. The maximum Gasteiger partial charge on any atom is 0.217 e. The van der Waals surface area contributed by atoms with Gasteiger partial charge in [-0.25, -0.2) is 21.1 Å². The quantitative estimate of drug-likeness (QED) is 0.670. The number of hydrogen-bond donors (Lipinski definition) is 0. The van der Waals surface area contributed by atoms with Crippen molar-refractivity contribution in [1.82, 2.24) is 4.31 Å². The van der Waals surface area contributed by atoms with Crippen LogP contribution in [0.25, 0.3) is 0 Å². The van der Waals surface area contributed by atoms with Gasteiger partial charge in [-0.05, 0) is 12.8 Å². The Morgan fingerprint density at radius 3 is 2.41 bits per heavy atom. The van der Waals surface area contributed by atoms with Gasteiger partial charge in [-0.2, -0.15) is 0 Å². The van der Waals surface area contributed by atoms with Gasteiger partial charge in [0.15, 0.2) is 9.84 Å². The molecule has 0 saturated carbocycles. The van der Waals surface area contributed by atoms with Crippen LogP contribution in [0.5, 0.6) is 0 Å². The third-order valence-corrected chi connectivity index (χ3v) is 7.40. The van der Waals surface area contributed by atoms with Gasteiger partial charge in [0.25, 0.3) is 0 Å². The van der Waals surface area contributed by atoms with E-state index in [0.29, 0.717) is 6.54 Å². The molecule has 0 radical (unpaired) electrons. The zero-order valence-corrected chi connectivity index (χ0v) is 12.1. The van der Waals surface area contributed by atoms with Gasteiger partial charge in [0.2, 0.25) is 10.0 Å². The van der Waals surface area contributed by atoms with Gasteiger partial charge in [0.1, 0.15) is 0 Å². The molecule has 1 aliphatic rings. The first kappa shape index (κ1) is 14.9. The van der Waals surface area contributed by atoms with Crippen LogP contribution in [0.1, 0.15) is 32.6 Å². The molecule has 5 nitrogen and oxygen atoms in total. The highest BCUT2D eigenvalue weighted by Crippen LogP contribution is 2.21. The van der Waals surface area contributed by atoms with Crippen molar-refractivity contribution in [2.24, 2.45) is 0 Å². The lowest BCUT2D eigenvalue weighted by Gasteiger charge is -2.20. The van der Waals surface area contributed by atoms with Crippen LogP contribution >= 0.6 is 0 Å². The first-order valence-corrected chi connectivity index (χ1v) is 9.27. The van der Waals surface area contributed by atoms with Crippen LogP contribution in [0, 0.1) is 0 Å².